The van der Waals surface area contributed by atoms with Crippen molar-refractivity contribution in [3.8, 4) is 5.75 Å². The molecule has 1 unspecified atom stereocenters. The van der Waals surface area contributed by atoms with Gasteiger partial charge in [-0.3, -0.25) is 0 Å². The molecule has 2 nitrogen and oxygen atoms in total. The van der Waals surface area contributed by atoms with Crippen molar-refractivity contribution in [1.29, 1.82) is 0 Å². The van der Waals surface area contributed by atoms with Gasteiger partial charge in [-0.1, -0.05) is 29.3 Å². The Morgan fingerprint density at radius 1 is 1.22 bits per heavy atom. The zero-order valence-corrected chi connectivity index (χ0v) is 11.8. The Kier molecular flexibility index (Phi) is 4.89. The van der Waals surface area contributed by atoms with Crippen molar-refractivity contribution in [2.75, 3.05) is 6.61 Å². The molecular formula is C13H12Cl2O2S. The lowest BCUT2D eigenvalue weighted by Gasteiger charge is -2.12. The number of aliphatic hydroxyl groups is 1. The number of hydrogen-bond donors (Lipinski definition) is 1. The topological polar surface area (TPSA) is 29.5 Å². The molecule has 2 aromatic rings. The minimum Gasteiger partial charge on any atom is -0.491 e. The quantitative estimate of drug-likeness (QED) is 0.903. The fourth-order valence-electron chi connectivity index (χ4n) is 1.48. The van der Waals surface area contributed by atoms with E-state index in [1.807, 2.05) is 17.5 Å². The third kappa shape index (κ3) is 3.89. The largest absolute Gasteiger partial charge is 0.491 e. The van der Waals surface area contributed by atoms with Gasteiger partial charge in [0, 0.05) is 17.4 Å². The number of aliphatic hydroxyl groups excluding tert-OH is 1. The lowest BCUT2D eigenvalue weighted by Crippen LogP contribution is -2.19. The summed E-state index contributed by atoms with van der Waals surface area (Å²) in [6, 6.07) is 9.00. The first kappa shape index (κ1) is 13.7. The lowest BCUT2D eigenvalue weighted by molar-refractivity contribution is 0.108. The van der Waals surface area contributed by atoms with Crippen LogP contribution in [-0.4, -0.2) is 17.8 Å². The van der Waals surface area contributed by atoms with Crippen molar-refractivity contribution in [2.24, 2.45) is 0 Å². The van der Waals surface area contributed by atoms with E-state index in [-0.39, 0.29) is 6.61 Å². The maximum atomic E-state index is 9.83. The molecule has 1 N–H and O–H groups in total. The smallest absolute Gasteiger partial charge is 0.121 e. The summed E-state index contributed by atoms with van der Waals surface area (Å²) in [5, 5.41) is 12.8. The normalized spacial score (nSPS) is 12.4. The standard InChI is InChI=1S/C13H12Cl2O2S/c14-12-4-3-10(7-13(12)15)17-8-9(16)6-11-2-1-5-18-11/h1-5,7,9,16H,6,8H2. The number of thiophene rings is 1. The van der Waals surface area contributed by atoms with Crippen LogP contribution in [0.5, 0.6) is 5.75 Å². The molecule has 0 aliphatic rings. The predicted molar refractivity (Wildman–Crippen MR) is 76.0 cm³/mol. The Balaban J connectivity index is 1.85. The molecule has 0 bridgehead atoms. The third-order valence-corrected chi connectivity index (χ3v) is 3.99. The highest BCUT2D eigenvalue weighted by Crippen LogP contribution is 2.26. The first-order chi connectivity index (χ1) is 8.65. The van der Waals surface area contributed by atoms with Crippen molar-refractivity contribution in [2.45, 2.75) is 12.5 Å². The summed E-state index contributed by atoms with van der Waals surface area (Å²) in [5.74, 6) is 0.606. The van der Waals surface area contributed by atoms with Crippen LogP contribution in [-0.2, 0) is 6.42 Å². The van der Waals surface area contributed by atoms with Crippen molar-refractivity contribution >= 4 is 34.5 Å². The summed E-state index contributed by atoms with van der Waals surface area (Å²) >= 11 is 13.3. The SMILES string of the molecule is OC(COc1ccc(Cl)c(Cl)c1)Cc1cccs1. The molecule has 0 aliphatic carbocycles. The van der Waals surface area contributed by atoms with Gasteiger partial charge in [0.25, 0.3) is 0 Å². The average molecular weight is 303 g/mol. The molecule has 5 heteroatoms. The van der Waals surface area contributed by atoms with E-state index in [1.54, 1.807) is 29.5 Å². The minimum atomic E-state index is -0.530. The van der Waals surface area contributed by atoms with Crippen molar-refractivity contribution in [3.05, 3.63) is 50.6 Å². The van der Waals surface area contributed by atoms with Gasteiger partial charge in [-0.05, 0) is 23.6 Å². The zero-order valence-electron chi connectivity index (χ0n) is 9.48. The predicted octanol–water partition coefficient (Wildman–Crippen LogP) is 4.04. The Bertz CT molecular complexity index is 500. The van der Waals surface area contributed by atoms with Gasteiger partial charge in [-0.15, -0.1) is 11.3 Å². The van der Waals surface area contributed by atoms with E-state index < -0.39 is 6.10 Å². The molecule has 0 saturated carbocycles. The van der Waals surface area contributed by atoms with E-state index in [1.165, 1.54) is 0 Å². The summed E-state index contributed by atoms with van der Waals surface area (Å²) in [4.78, 5) is 1.14. The monoisotopic (exact) mass is 302 g/mol. The third-order valence-electron chi connectivity index (χ3n) is 2.35. The molecule has 0 aliphatic heterocycles. The molecule has 0 amide bonds. The molecule has 0 spiro atoms. The molecule has 0 saturated heterocycles. The van der Waals surface area contributed by atoms with Crippen LogP contribution in [0, 0.1) is 0 Å². The van der Waals surface area contributed by atoms with Gasteiger partial charge >= 0.3 is 0 Å². The number of halogens is 2. The second-order valence-electron chi connectivity index (χ2n) is 3.82. The molecule has 1 heterocycles. The van der Waals surface area contributed by atoms with Gasteiger partial charge in [0.2, 0.25) is 0 Å². The van der Waals surface area contributed by atoms with Crippen molar-refractivity contribution in [1.82, 2.24) is 0 Å². The minimum absolute atomic E-state index is 0.232. The number of ether oxygens (including phenoxy) is 1. The van der Waals surface area contributed by atoms with Gasteiger partial charge < -0.3 is 9.84 Å². The van der Waals surface area contributed by atoms with Crippen LogP contribution in [0.3, 0.4) is 0 Å². The molecule has 96 valence electrons. The van der Waals surface area contributed by atoms with E-state index in [4.69, 9.17) is 27.9 Å². The van der Waals surface area contributed by atoms with Gasteiger partial charge in [-0.25, -0.2) is 0 Å². The summed E-state index contributed by atoms with van der Waals surface area (Å²) in [6.07, 6.45) is 0.0667. The van der Waals surface area contributed by atoms with Gasteiger partial charge in [0.05, 0.1) is 16.1 Å². The van der Waals surface area contributed by atoms with E-state index >= 15 is 0 Å². The highest BCUT2D eigenvalue weighted by atomic mass is 35.5. The Labute approximate surface area is 120 Å². The first-order valence-corrected chi connectivity index (χ1v) is 7.07. The van der Waals surface area contributed by atoms with E-state index in [0.717, 1.165) is 4.88 Å². The van der Waals surface area contributed by atoms with Crippen molar-refractivity contribution < 1.29 is 9.84 Å². The molecule has 1 aromatic heterocycles. The second kappa shape index (κ2) is 6.43. The maximum absolute atomic E-state index is 9.83. The lowest BCUT2D eigenvalue weighted by atomic mass is 10.2. The Morgan fingerprint density at radius 3 is 2.72 bits per heavy atom. The van der Waals surface area contributed by atoms with E-state index in [2.05, 4.69) is 0 Å². The summed E-state index contributed by atoms with van der Waals surface area (Å²) < 4.78 is 5.46. The highest BCUT2D eigenvalue weighted by Gasteiger charge is 2.08. The average Bonchev–Trinajstić information content (AvgIpc) is 2.83. The summed E-state index contributed by atoms with van der Waals surface area (Å²) in [6.45, 7) is 0.232. The van der Waals surface area contributed by atoms with Crippen LogP contribution in [0.4, 0.5) is 0 Å². The molecule has 1 atom stereocenters. The molecule has 2 rings (SSSR count). The van der Waals surface area contributed by atoms with E-state index in [9.17, 15) is 5.11 Å². The van der Waals surface area contributed by atoms with E-state index in [0.29, 0.717) is 22.2 Å². The molecule has 0 fully saturated rings. The number of benzene rings is 1. The molecule has 18 heavy (non-hydrogen) atoms. The maximum Gasteiger partial charge on any atom is 0.121 e. The first-order valence-electron chi connectivity index (χ1n) is 5.43. The van der Waals surface area contributed by atoms with Crippen LogP contribution in [0.1, 0.15) is 4.88 Å². The second-order valence-corrected chi connectivity index (χ2v) is 5.67. The molecular weight excluding hydrogens is 291 g/mol. The van der Waals surface area contributed by atoms with Crippen LogP contribution in [0.2, 0.25) is 10.0 Å². The van der Waals surface area contributed by atoms with Gasteiger partial charge in [0.1, 0.15) is 12.4 Å². The molecule has 0 radical (unpaired) electrons. The zero-order chi connectivity index (χ0) is 13.0. The molecule has 1 aromatic carbocycles. The fraction of sp³-hybridized carbons (Fsp3) is 0.231. The Hall–Kier alpha value is -0.740. The summed E-state index contributed by atoms with van der Waals surface area (Å²) in [7, 11) is 0. The Morgan fingerprint density at radius 2 is 2.06 bits per heavy atom. The highest BCUT2D eigenvalue weighted by molar-refractivity contribution is 7.09. The fourth-order valence-corrected chi connectivity index (χ4v) is 2.54. The van der Waals surface area contributed by atoms with Crippen LogP contribution in [0.15, 0.2) is 35.7 Å². The van der Waals surface area contributed by atoms with Gasteiger partial charge in [-0.2, -0.15) is 0 Å². The van der Waals surface area contributed by atoms with Crippen LogP contribution in [0.25, 0.3) is 0 Å². The number of hydrogen-bond acceptors (Lipinski definition) is 3. The van der Waals surface area contributed by atoms with Crippen LogP contribution >= 0.6 is 34.5 Å². The van der Waals surface area contributed by atoms with Gasteiger partial charge in [0.15, 0.2) is 0 Å². The summed E-state index contributed by atoms with van der Waals surface area (Å²) in [5.41, 5.74) is 0. The van der Waals surface area contributed by atoms with Crippen molar-refractivity contribution in [3.63, 3.8) is 0 Å². The van der Waals surface area contributed by atoms with Crippen LogP contribution < -0.4 is 4.74 Å². The number of rotatable bonds is 5.